The van der Waals surface area contributed by atoms with Crippen LogP contribution in [0, 0.1) is 18.3 Å². The minimum Gasteiger partial charge on any atom is -0.324 e. The van der Waals surface area contributed by atoms with Crippen LogP contribution in [-0.2, 0) is 0 Å². The van der Waals surface area contributed by atoms with Gasteiger partial charge < -0.3 is 5.73 Å². The molecule has 1 aliphatic carbocycles. The average Bonchev–Trinajstić information content (AvgIpc) is 2.47. The SMILES string of the molecule is Cc1ccc(C(N)C2CCCCC2(C)C)c2ccccc12. The Hall–Kier alpha value is -1.34. The molecular formula is C20H27N. The molecule has 0 radical (unpaired) electrons. The summed E-state index contributed by atoms with van der Waals surface area (Å²) >= 11 is 0. The predicted octanol–water partition coefficient (Wildman–Crippen LogP) is 5.36. The first-order chi connectivity index (χ1) is 10.0. The second kappa shape index (κ2) is 5.46. The molecule has 112 valence electrons. The second-order valence-corrected chi connectivity index (χ2v) is 7.38. The summed E-state index contributed by atoms with van der Waals surface area (Å²) in [4.78, 5) is 0. The maximum absolute atomic E-state index is 6.76. The maximum Gasteiger partial charge on any atom is 0.0334 e. The van der Waals surface area contributed by atoms with Gasteiger partial charge in [-0.1, -0.05) is 63.1 Å². The summed E-state index contributed by atoms with van der Waals surface area (Å²) in [6, 6.07) is 13.3. The van der Waals surface area contributed by atoms with Crippen molar-refractivity contribution in [3.63, 3.8) is 0 Å². The van der Waals surface area contributed by atoms with Gasteiger partial charge in [0, 0.05) is 6.04 Å². The Morgan fingerprint density at radius 3 is 2.48 bits per heavy atom. The Morgan fingerprint density at radius 2 is 1.76 bits per heavy atom. The van der Waals surface area contributed by atoms with Crippen molar-refractivity contribution in [2.45, 2.75) is 52.5 Å². The Kier molecular flexibility index (Phi) is 3.79. The van der Waals surface area contributed by atoms with Gasteiger partial charge >= 0.3 is 0 Å². The highest BCUT2D eigenvalue weighted by atomic mass is 14.7. The number of fused-ring (bicyclic) bond motifs is 1. The third-order valence-corrected chi connectivity index (χ3v) is 5.56. The van der Waals surface area contributed by atoms with E-state index in [1.807, 2.05) is 0 Å². The summed E-state index contributed by atoms with van der Waals surface area (Å²) in [5.74, 6) is 0.581. The molecule has 2 unspecified atom stereocenters. The summed E-state index contributed by atoms with van der Waals surface area (Å²) in [6.07, 6.45) is 5.24. The summed E-state index contributed by atoms with van der Waals surface area (Å²) < 4.78 is 0. The van der Waals surface area contributed by atoms with Crippen molar-refractivity contribution < 1.29 is 0 Å². The number of rotatable bonds is 2. The molecule has 0 amide bonds. The van der Waals surface area contributed by atoms with Crippen LogP contribution in [0.25, 0.3) is 10.8 Å². The van der Waals surface area contributed by atoms with Gasteiger partial charge in [0.25, 0.3) is 0 Å². The van der Waals surface area contributed by atoms with E-state index in [4.69, 9.17) is 5.73 Å². The van der Waals surface area contributed by atoms with Gasteiger partial charge in [-0.15, -0.1) is 0 Å². The van der Waals surface area contributed by atoms with Crippen LogP contribution in [0.3, 0.4) is 0 Å². The van der Waals surface area contributed by atoms with Gasteiger partial charge in [0.2, 0.25) is 0 Å². The zero-order chi connectivity index (χ0) is 15.0. The van der Waals surface area contributed by atoms with Crippen LogP contribution < -0.4 is 5.73 Å². The summed E-state index contributed by atoms with van der Waals surface area (Å²) in [5.41, 5.74) is 9.78. The minimum absolute atomic E-state index is 0.144. The van der Waals surface area contributed by atoms with E-state index in [2.05, 4.69) is 57.2 Å². The Labute approximate surface area is 128 Å². The van der Waals surface area contributed by atoms with Gasteiger partial charge in [-0.2, -0.15) is 0 Å². The minimum atomic E-state index is 0.144. The molecular weight excluding hydrogens is 254 g/mol. The van der Waals surface area contributed by atoms with Crippen molar-refractivity contribution in [2.75, 3.05) is 0 Å². The van der Waals surface area contributed by atoms with Gasteiger partial charge in [0.15, 0.2) is 0 Å². The van der Waals surface area contributed by atoms with Crippen molar-refractivity contribution in [3.8, 4) is 0 Å². The highest BCUT2D eigenvalue weighted by Crippen LogP contribution is 2.46. The lowest BCUT2D eigenvalue weighted by Crippen LogP contribution is -2.36. The van der Waals surface area contributed by atoms with E-state index < -0.39 is 0 Å². The van der Waals surface area contributed by atoms with Crippen molar-refractivity contribution in [3.05, 3.63) is 47.5 Å². The molecule has 21 heavy (non-hydrogen) atoms. The molecule has 0 heterocycles. The quantitative estimate of drug-likeness (QED) is 0.787. The first-order valence-electron chi connectivity index (χ1n) is 8.24. The van der Waals surface area contributed by atoms with E-state index in [1.165, 1.54) is 47.6 Å². The molecule has 0 saturated heterocycles. The molecule has 2 atom stereocenters. The molecule has 0 bridgehead atoms. The van der Waals surface area contributed by atoms with E-state index >= 15 is 0 Å². The molecule has 0 aromatic heterocycles. The van der Waals surface area contributed by atoms with Crippen LogP contribution >= 0.6 is 0 Å². The number of hydrogen-bond donors (Lipinski definition) is 1. The fourth-order valence-electron chi connectivity index (χ4n) is 4.17. The first-order valence-corrected chi connectivity index (χ1v) is 8.24. The first kappa shape index (κ1) is 14.6. The highest BCUT2D eigenvalue weighted by Gasteiger charge is 2.37. The molecule has 0 spiro atoms. The molecule has 1 aliphatic rings. The van der Waals surface area contributed by atoms with Gasteiger partial charge in [0.05, 0.1) is 0 Å². The fraction of sp³-hybridized carbons (Fsp3) is 0.500. The second-order valence-electron chi connectivity index (χ2n) is 7.38. The normalized spacial score (nSPS) is 23.1. The summed E-state index contributed by atoms with van der Waals surface area (Å²) in [7, 11) is 0. The molecule has 2 aromatic rings. The topological polar surface area (TPSA) is 26.0 Å². The molecule has 3 rings (SSSR count). The predicted molar refractivity (Wildman–Crippen MR) is 91.4 cm³/mol. The smallest absolute Gasteiger partial charge is 0.0334 e. The van der Waals surface area contributed by atoms with Gasteiger partial charge in [-0.05, 0) is 53.0 Å². The van der Waals surface area contributed by atoms with E-state index in [9.17, 15) is 0 Å². The van der Waals surface area contributed by atoms with Crippen LogP contribution in [0.5, 0.6) is 0 Å². The van der Waals surface area contributed by atoms with E-state index in [0.29, 0.717) is 11.3 Å². The third kappa shape index (κ3) is 2.60. The zero-order valence-electron chi connectivity index (χ0n) is 13.5. The molecule has 1 heteroatoms. The summed E-state index contributed by atoms with van der Waals surface area (Å²) in [6.45, 7) is 6.97. The van der Waals surface area contributed by atoms with E-state index in [0.717, 1.165) is 0 Å². The third-order valence-electron chi connectivity index (χ3n) is 5.56. The van der Waals surface area contributed by atoms with E-state index in [1.54, 1.807) is 0 Å². The Bertz CT molecular complexity index is 641. The van der Waals surface area contributed by atoms with Gasteiger partial charge in [0.1, 0.15) is 0 Å². The summed E-state index contributed by atoms with van der Waals surface area (Å²) in [5, 5.41) is 2.69. The Balaban J connectivity index is 2.06. The monoisotopic (exact) mass is 281 g/mol. The van der Waals surface area contributed by atoms with Crippen LogP contribution in [0.4, 0.5) is 0 Å². The fourth-order valence-corrected chi connectivity index (χ4v) is 4.17. The zero-order valence-corrected chi connectivity index (χ0v) is 13.5. The van der Waals surface area contributed by atoms with Crippen LogP contribution in [0.2, 0.25) is 0 Å². The Morgan fingerprint density at radius 1 is 1.05 bits per heavy atom. The average molecular weight is 281 g/mol. The molecule has 1 nitrogen and oxygen atoms in total. The van der Waals surface area contributed by atoms with E-state index in [-0.39, 0.29) is 6.04 Å². The van der Waals surface area contributed by atoms with Crippen LogP contribution in [0.15, 0.2) is 36.4 Å². The number of hydrogen-bond acceptors (Lipinski definition) is 1. The van der Waals surface area contributed by atoms with Crippen molar-refractivity contribution >= 4 is 10.8 Å². The van der Waals surface area contributed by atoms with Gasteiger partial charge in [-0.3, -0.25) is 0 Å². The van der Waals surface area contributed by atoms with Crippen molar-refractivity contribution in [1.29, 1.82) is 0 Å². The van der Waals surface area contributed by atoms with Crippen molar-refractivity contribution in [1.82, 2.24) is 0 Å². The number of benzene rings is 2. The number of nitrogens with two attached hydrogens (primary N) is 1. The lowest BCUT2D eigenvalue weighted by atomic mass is 9.64. The molecule has 2 aromatic carbocycles. The van der Waals surface area contributed by atoms with Crippen LogP contribution in [0.1, 0.15) is 56.7 Å². The lowest BCUT2D eigenvalue weighted by Gasteiger charge is -2.42. The van der Waals surface area contributed by atoms with Crippen molar-refractivity contribution in [2.24, 2.45) is 17.1 Å². The largest absolute Gasteiger partial charge is 0.324 e. The number of aryl methyl sites for hydroxylation is 1. The molecule has 0 aliphatic heterocycles. The van der Waals surface area contributed by atoms with Gasteiger partial charge in [-0.25, -0.2) is 0 Å². The standard InChI is InChI=1S/C20H27N/c1-14-11-12-17(16-9-5-4-8-15(14)16)19(21)18-10-6-7-13-20(18,2)3/h4-5,8-9,11-12,18-19H,6-7,10,13,21H2,1-3H3. The molecule has 1 fully saturated rings. The van der Waals surface area contributed by atoms with Crippen LogP contribution in [-0.4, -0.2) is 0 Å². The lowest BCUT2D eigenvalue weighted by molar-refractivity contribution is 0.113. The highest BCUT2D eigenvalue weighted by molar-refractivity contribution is 5.88. The molecule has 2 N–H and O–H groups in total. The molecule has 1 saturated carbocycles. The maximum atomic E-state index is 6.76.